The van der Waals surface area contributed by atoms with Gasteiger partial charge in [-0.05, 0) is 49.6 Å². The molecule has 140 valence electrons. The number of hydrogen-bond acceptors (Lipinski definition) is 3. The van der Waals surface area contributed by atoms with Gasteiger partial charge < -0.3 is 5.11 Å². The molecule has 0 amide bonds. The van der Waals surface area contributed by atoms with E-state index < -0.39 is 0 Å². The number of aromatic nitrogens is 2. The minimum Gasteiger partial charge on any atom is -0.506 e. The molecule has 0 unspecified atom stereocenters. The lowest BCUT2D eigenvalue weighted by Gasteiger charge is -2.32. The number of halogens is 1. The van der Waals surface area contributed by atoms with E-state index in [1.165, 1.54) is 22.4 Å². The quantitative estimate of drug-likeness (QED) is 0.659. The predicted octanol–water partition coefficient (Wildman–Crippen LogP) is 5.12. The minimum atomic E-state index is 0.136. The summed E-state index contributed by atoms with van der Waals surface area (Å²) in [6, 6.07) is 14.1. The molecule has 0 radical (unpaired) electrons. The second-order valence-corrected chi connectivity index (χ2v) is 7.83. The Balaban J connectivity index is 1.52. The predicted molar refractivity (Wildman–Crippen MR) is 109 cm³/mol. The summed E-state index contributed by atoms with van der Waals surface area (Å²) in [6.45, 7) is 5.02. The van der Waals surface area contributed by atoms with E-state index in [1.54, 1.807) is 6.07 Å². The first-order valence-electron chi connectivity index (χ1n) is 9.40. The molecule has 1 aliphatic rings. The average Bonchev–Trinajstić information content (AvgIpc) is 3.15. The highest BCUT2D eigenvalue weighted by Gasteiger charge is 2.25. The summed E-state index contributed by atoms with van der Waals surface area (Å²) < 4.78 is 0. The monoisotopic (exact) mass is 381 g/mol. The highest BCUT2D eigenvalue weighted by molar-refractivity contribution is 6.32. The number of aromatic amines is 1. The van der Waals surface area contributed by atoms with Gasteiger partial charge in [-0.1, -0.05) is 47.5 Å². The number of nitrogens with one attached hydrogen (secondary N) is 1. The number of phenols is 1. The van der Waals surface area contributed by atoms with Crippen LogP contribution in [0.15, 0.2) is 48.7 Å². The lowest BCUT2D eigenvalue weighted by molar-refractivity contribution is 0.198. The molecule has 2 aromatic carbocycles. The fourth-order valence-electron chi connectivity index (χ4n) is 3.99. The van der Waals surface area contributed by atoms with E-state index in [1.807, 2.05) is 18.3 Å². The molecule has 27 heavy (non-hydrogen) atoms. The van der Waals surface area contributed by atoms with Crippen LogP contribution >= 0.6 is 11.6 Å². The molecule has 1 atom stereocenters. The zero-order valence-corrected chi connectivity index (χ0v) is 16.2. The number of aryl methyl sites for hydroxylation is 1. The topological polar surface area (TPSA) is 52.2 Å². The Morgan fingerprint density at radius 1 is 1.26 bits per heavy atom. The van der Waals surface area contributed by atoms with Crippen LogP contribution < -0.4 is 0 Å². The van der Waals surface area contributed by atoms with Gasteiger partial charge in [0.2, 0.25) is 0 Å². The van der Waals surface area contributed by atoms with Crippen LogP contribution in [0.5, 0.6) is 5.75 Å². The molecule has 0 saturated carbocycles. The number of rotatable bonds is 4. The maximum atomic E-state index is 9.62. The average molecular weight is 382 g/mol. The normalized spacial score (nSPS) is 17.9. The van der Waals surface area contributed by atoms with Gasteiger partial charge in [0.1, 0.15) is 5.75 Å². The molecule has 0 aliphatic carbocycles. The maximum absolute atomic E-state index is 9.62. The van der Waals surface area contributed by atoms with Crippen molar-refractivity contribution < 1.29 is 5.11 Å². The van der Waals surface area contributed by atoms with Crippen LogP contribution in [0.1, 0.15) is 35.6 Å². The molecule has 3 aromatic rings. The summed E-state index contributed by atoms with van der Waals surface area (Å²) in [6.07, 6.45) is 4.26. The van der Waals surface area contributed by atoms with Crippen molar-refractivity contribution in [3.8, 4) is 16.9 Å². The van der Waals surface area contributed by atoms with E-state index in [-0.39, 0.29) is 5.75 Å². The maximum Gasteiger partial charge on any atom is 0.134 e. The van der Waals surface area contributed by atoms with Crippen molar-refractivity contribution in [2.24, 2.45) is 0 Å². The van der Waals surface area contributed by atoms with Crippen LogP contribution in [0.3, 0.4) is 0 Å². The highest BCUT2D eigenvalue weighted by Crippen LogP contribution is 2.34. The molecule has 0 spiro atoms. The lowest BCUT2D eigenvalue weighted by atomic mass is 9.90. The van der Waals surface area contributed by atoms with Crippen molar-refractivity contribution in [2.45, 2.75) is 32.2 Å². The van der Waals surface area contributed by atoms with Crippen molar-refractivity contribution >= 4 is 11.6 Å². The molecule has 0 bridgehead atoms. The molecule has 1 fully saturated rings. The van der Waals surface area contributed by atoms with Crippen molar-refractivity contribution in [3.63, 3.8) is 0 Å². The number of benzene rings is 2. The van der Waals surface area contributed by atoms with Gasteiger partial charge in [-0.3, -0.25) is 10.00 Å². The number of aromatic hydroxyl groups is 1. The van der Waals surface area contributed by atoms with Gasteiger partial charge in [-0.15, -0.1) is 0 Å². The third kappa shape index (κ3) is 4.02. The number of H-pyrrole nitrogens is 1. The Hall–Kier alpha value is -2.30. The zero-order valence-electron chi connectivity index (χ0n) is 15.5. The molecule has 1 aromatic heterocycles. The minimum absolute atomic E-state index is 0.136. The Morgan fingerprint density at radius 3 is 2.96 bits per heavy atom. The molecule has 2 N–H and O–H groups in total. The van der Waals surface area contributed by atoms with Crippen molar-refractivity contribution in [1.29, 1.82) is 0 Å². The fourth-order valence-corrected chi connectivity index (χ4v) is 4.19. The van der Waals surface area contributed by atoms with Crippen molar-refractivity contribution in [1.82, 2.24) is 15.1 Å². The smallest absolute Gasteiger partial charge is 0.134 e. The van der Waals surface area contributed by atoms with E-state index in [0.29, 0.717) is 10.9 Å². The number of nitrogens with zero attached hydrogens (tertiary/aromatic N) is 2. The van der Waals surface area contributed by atoms with Crippen LogP contribution in [-0.2, 0) is 6.54 Å². The summed E-state index contributed by atoms with van der Waals surface area (Å²) in [4.78, 5) is 2.46. The van der Waals surface area contributed by atoms with Gasteiger partial charge in [0.15, 0.2) is 0 Å². The van der Waals surface area contributed by atoms with Gasteiger partial charge in [0.05, 0.1) is 11.2 Å². The van der Waals surface area contributed by atoms with Gasteiger partial charge in [-0.25, -0.2) is 0 Å². The molecule has 1 saturated heterocycles. The van der Waals surface area contributed by atoms with Crippen LogP contribution in [0.4, 0.5) is 0 Å². The molecule has 4 rings (SSSR count). The Bertz CT molecular complexity index is 937. The molecule has 2 heterocycles. The molecular weight excluding hydrogens is 358 g/mol. The van der Waals surface area contributed by atoms with Gasteiger partial charge in [-0.2, -0.15) is 5.10 Å². The third-order valence-corrected chi connectivity index (χ3v) is 5.63. The van der Waals surface area contributed by atoms with Gasteiger partial charge in [0.25, 0.3) is 0 Å². The zero-order chi connectivity index (χ0) is 18.8. The summed E-state index contributed by atoms with van der Waals surface area (Å²) in [7, 11) is 0. The first-order valence-corrected chi connectivity index (χ1v) is 9.78. The van der Waals surface area contributed by atoms with E-state index >= 15 is 0 Å². The SMILES string of the molecule is Cc1cccc(-c2cn[nH]c2[C@H]2CCCN(Cc3ccc(O)c(Cl)c3)C2)c1. The van der Waals surface area contributed by atoms with Crippen LogP contribution in [0.2, 0.25) is 5.02 Å². The highest BCUT2D eigenvalue weighted by atomic mass is 35.5. The van der Waals surface area contributed by atoms with E-state index in [4.69, 9.17) is 11.6 Å². The first kappa shape index (κ1) is 18.1. The largest absolute Gasteiger partial charge is 0.506 e. The van der Waals surface area contributed by atoms with E-state index in [0.717, 1.165) is 38.0 Å². The first-order chi connectivity index (χ1) is 13.1. The molecule has 5 heteroatoms. The molecule has 4 nitrogen and oxygen atoms in total. The summed E-state index contributed by atoms with van der Waals surface area (Å²) in [5.74, 6) is 0.571. The Kier molecular flexibility index (Phi) is 5.19. The fraction of sp³-hybridized carbons (Fsp3) is 0.318. The van der Waals surface area contributed by atoms with Crippen molar-refractivity contribution in [3.05, 3.63) is 70.5 Å². The van der Waals surface area contributed by atoms with Gasteiger partial charge >= 0.3 is 0 Å². The number of likely N-dealkylation sites (tertiary alicyclic amines) is 1. The van der Waals surface area contributed by atoms with E-state index in [9.17, 15) is 5.11 Å². The third-order valence-electron chi connectivity index (χ3n) is 5.33. The van der Waals surface area contributed by atoms with Crippen LogP contribution in [0.25, 0.3) is 11.1 Å². The molecule has 1 aliphatic heterocycles. The summed E-state index contributed by atoms with van der Waals surface area (Å²) >= 11 is 6.06. The Labute approximate surface area is 164 Å². The van der Waals surface area contributed by atoms with Crippen LogP contribution in [-0.4, -0.2) is 33.3 Å². The summed E-state index contributed by atoms with van der Waals surface area (Å²) in [5, 5.41) is 17.6. The second-order valence-electron chi connectivity index (χ2n) is 7.43. The van der Waals surface area contributed by atoms with Crippen molar-refractivity contribution in [2.75, 3.05) is 13.1 Å². The van der Waals surface area contributed by atoms with Gasteiger partial charge in [0, 0.05) is 30.3 Å². The molecular formula is C22H24ClN3O. The van der Waals surface area contributed by atoms with E-state index in [2.05, 4.69) is 46.3 Å². The Morgan fingerprint density at radius 2 is 2.15 bits per heavy atom. The van der Waals surface area contributed by atoms with Crippen LogP contribution in [0, 0.1) is 6.92 Å². The number of piperidine rings is 1. The standard InChI is InChI=1S/C22H24ClN3O/c1-15-4-2-5-17(10-15)19-12-24-25-22(19)18-6-3-9-26(14-18)13-16-7-8-21(27)20(23)11-16/h2,4-5,7-8,10-12,18,27H,3,6,9,13-14H2,1H3,(H,24,25)/t18-/m0/s1. The summed E-state index contributed by atoms with van der Waals surface area (Å²) in [5.41, 5.74) is 6.05. The number of phenolic OH excluding ortho intramolecular Hbond substituents is 1. The number of hydrogen-bond donors (Lipinski definition) is 2. The second kappa shape index (κ2) is 7.75. The lowest BCUT2D eigenvalue weighted by Crippen LogP contribution is -2.34.